The molecule has 0 aromatic carbocycles. The maximum atomic E-state index is 11.7. The van der Waals surface area contributed by atoms with Gasteiger partial charge in [-0.25, -0.2) is 0 Å². The summed E-state index contributed by atoms with van der Waals surface area (Å²) in [5.41, 5.74) is 0. The van der Waals surface area contributed by atoms with E-state index in [1.165, 1.54) is 25.7 Å². The van der Waals surface area contributed by atoms with Gasteiger partial charge in [0.05, 0.1) is 17.1 Å². The topological polar surface area (TPSA) is 26.3 Å². The maximum absolute atomic E-state index is 11.7. The number of esters is 1. The molecule has 0 aliphatic rings. The van der Waals surface area contributed by atoms with Gasteiger partial charge in [0, 0.05) is 0 Å². The lowest BCUT2D eigenvalue weighted by atomic mass is 10.3. The molecule has 18 heavy (non-hydrogen) atoms. The fourth-order valence-electron chi connectivity index (χ4n) is 1.48. The van der Waals surface area contributed by atoms with Crippen molar-refractivity contribution in [2.24, 2.45) is 0 Å². The zero-order valence-corrected chi connectivity index (χ0v) is 13.9. The second-order valence-electron chi connectivity index (χ2n) is 4.52. The van der Waals surface area contributed by atoms with Gasteiger partial charge in [-0.15, -0.1) is 23.5 Å². The second-order valence-corrected chi connectivity index (χ2v) is 7.97. The average Bonchev–Trinajstić information content (AvgIpc) is 2.30. The summed E-state index contributed by atoms with van der Waals surface area (Å²) in [6.07, 6.45) is 5.38. The van der Waals surface area contributed by atoms with Crippen LogP contribution in [0.4, 0.5) is 0 Å². The van der Waals surface area contributed by atoms with Crippen molar-refractivity contribution >= 4 is 29.5 Å². The first kappa shape index (κ1) is 18.2. The van der Waals surface area contributed by atoms with Crippen LogP contribution in [0, 0.1) is 0 Å². The van der Waals surface area contributed by atoms with Crippen molar-refractivity contribution in [3.05, 3.63) is 0 Å². The standard InChI is InChI=1S/C14H28O2S2/c1-5-8-10-17-14(4,18-11-9-6-2)12-13(15)16-7-3/h5-12H2,1-4H3. The van der Waals surface area contributed by atoms with Crippen molar-refractivity contribution < 1.29 is 9.53 Å². The monoisotopic (exact) mass is 292 g/mol. The van der Waals surface area contributed by atoms with E-state index in [9.17, 15) is 4.79 Å². The van der Waals surface area contributed by atoms with Crippen molar-refractivity contribution in [2.75, 3.05) is 18.1 Å². The normalized spacial score (nSPS) is 11.6. The molecular weight excluding hydrogens is 264 g/mol. The summed E-state index contributed by atoms with van der Waals surface area (Å²) in [7, 11) is 0. The molecule has 0 aliphatic carbocycles. The van der Waals surface area contributed by atoms with Crippen molar-refractivity contribution in [3.8, 4) is 0 Å². The first-order chi connectivity index (χ1) is 8.58. The fraction of sp³-hybridized carbons (Fsp3) is 0.929. The molecule has 0 aromatic rings. The molecule has 0 bridgehead atoms. The van der Waals surface area contributed by atoms with E-state index in [0.29, 0.717) is 13.0 Å². The Labute approximate surface area is 121 Å². The third-order valence-electron chi connectivity index (χ3n) is 2.58. The maximum Gasteiger partial charge on any atom is 0.308 e. The van der Waals surface area contributed by atoms with E-state index in [0.717, 1.165) is 11.5 Å². The van der Waals surface area contributed by atoms with Crippen LogP contribution in [0.2, 0.25) is 0 Å². The molecule has 108 valence electrons. The Morgan fingerprint density at radius 3 is 1.94 bits per heavy atom. The highest BCUT2D eigenvalue weighted by Crippen LogP contribution is 2.41. The third kappa shape index (κ3) is 9.15. The zero-order chi connectivity index (χ0) is 13.9. The van der Waals surface area contributed by atoms with E-state index >= 15 is 0 Å². The molecule has 0 saturated heterocycles. The predicted molar refractivity (Wildman–Crippen MR) is 84.4 cm³/mol. The number of ether oxygens (including phenoxy) is 1. The van der Waals surface area contributed by atoms with Gasteiger partial charge in [-0.2, -0.15) is 0 Å². The number of hydrogen-bond donors (Lipinski definition) is 0. The van der Waals surface area contributed by atoms with E-state index in [4.69, 9.17) is 4.74 Å². The highest BCUT2D eigenvalue weighted by Gasteiger charge is 2.28. The number of thioether (sulfide) groups is 2. The van der Waals surface area contributed by atoms with Crippen molar-refractivity contribution in [2.45, 2.75) is 63.9 Å². The summed E-state index contributed by atoms with van der Waals surface area (Å²) < 4.78 is 5.07. The number of carbonyl (C=O) groups excluding carboxylic acids is 1. The number of carbonyl (C=O) groups is 1. The lowest BCUT2D eigenvalue weighted by Crippen LogP contribution is -2.23. The molecule has 0 aliphatic heterocycles. The van der Waals surface area contributed by atoms with Crippen LogP contribution < -0.4 is 0 Å². The lowest BCUT2D eigenvalue weighted by Gasteiger charge is -2.27. The summed E-state index contributed by atoms with van der Waals surface area (Å²) in [4.78, 5) is 11.7. The Morgan fingerprint density at radius 1 is 1.06 bits per heavy atom. The summed E-state index contributed by atoms with van der Waals surface area (Å²) >= 11 is 3.83. The highest BCUT2D eigenvalue weighted by atomic mass is 32.2. The van der Waals surface area contributed by atoms with E-state index in [-0.39, 0.29) is 10.0 Å². The second kappa shape index (κ2) is 11.0. The van der Waals surface area contributed by atoms with Gasteiger partial charge >= 0.3 is 5.97 Å². The van der Waals surface area contributed by atoms with E-state index < -0.39 is 0 Å². The Morgan fingerprint density at radius 2 is 1.56 bits per heavy atom. The molecule has 0 unspecified atom stereocenters. The number of rotatable bonds is 11. The highest BCUT2D eigenvalue weighted by molar-refractivity contribution is 8.18. The third-order valence-corrected chi connectivity index (χ3v) is 5.78. The van der Waals surface area contributed by atoms with Crippen LogP contribution in [-0.2, 0) is 9.53 Å². The molecular formula is C14H28O2S2. The Hall–Kier alpha value is 0.170. The molecule has 0 N–H and O–H groups in total. The van der Waals surface area contributed by atoms with E-state index in [2.05, 4.69) is 20.8 Å². The van der Waals surface area contributed by atoms with E-state index in [1.54, 1.807) is 0 Å². The SMILES string of the molecule is CCCCSC(C)(CC(=O)OCC)SCCCC. The van der Waals surface area contributed by atoms with Gasteiger partial charge in [0.2, 0.25) is 0 Å². The van der Waals surface area contributed by atoms with Crippen LogP contribution >= 0.6 is 23.5 Å². The van der Waals surface area contributed by atoms with Gasteiger partial charge in [-0.3, -0.25) is 4.79 Å². The average molecular weight is 293 g/mol. The minimum Gasteiger partial charge on any atom is -0.466 e. The van der Waals surface area contributed by atoms with Crippen molar-refractivity contribution in [1.82, 2.24) is 0 Å². The van der Waals surface area contributed by atoms with Crippen molar-refractivity contribution in [1.29, 1.82) is 0 Å². The van der Waals surface area contributed by atoms with Crippen LogP contribution in [0.5, 0.6) is 0 Å². The Balaban J connectivity index is 4.23. The Kier molecular flexibility index (Phi) is 11.1. The quantitative estimate of drug-likeness (QED) is 0.313. The number of unbranched alkanes of at least 4 members (excludes halogenated alkanes) is 2. The van der Waals surface area contributed by atoms with E-state index in [1.807, 2.05) is 30.4 Å². The predicted octanol–water partition coefficient (Wildman–Crippen LogP) is 4.72. The Bertz CT molecular complexity index is 210. The van der Waals surface area contributed by atoms with Crippen LogP contribution in [-0.4, -0.2) is 28.2 Å². The molecule has 0 atom stereocenters. The first-order valence-corrected chi connectivity index (χ1v) is 8.98. The van der Waals surface area contributed by atoms with Gasteiger partial charge in [0.15, 0.2) is 0 Å². The van der Waals surface area contributed by atoms with Gasteiger partial charge in [-0.05, 0) is 38.2 Å². The van der Waals surface area contributed by atoms with Crippen molar-refractivity contribution in [3.63, 3.8) is 0 Å². The molecule has 0 radical (unpaired) electrons. The summed E-state index contributed by atoms with van der Waals surface area (Å²) in [6.45, 7) is 8.93. The van der Waals surface area contributed by atoms with Gasteiger partial charge in [-0.1, -0.05) is 26.7 Å². The molecule has 0 heterocycles. The molecule has 0 saturated carbocycles. The molecule has 0 aromatic heterocycles. The number of hydrogen-bond acceptors (Lipinski definition) is 4. The van der Waals surface area contributed by atoms with Gasteiger partial charge in [0.1, 0.15) is 0 Å². The molecule has 0 amide bonds. The van der Waals surface area contributed by atoms with Crippen LogP contribution in [0.15, 0.2) is 0 Å². The molecule has 0 spiro atoms. The van der Waals surface area contributed by atoms with Gasteiger partial charge < -0.3 is 4.74 Å². The minimum absolute atomic E-state index is 0.0173. The van der Waals surface area contributed by atoms with Crippen LogP contribution in [0.3, 0.4) is 0 Å². The smallest absolute Gasteiger partial charge is 0.308 e. The van der Waals surface area contributed by atoms with Crippen LogP contribution in [0.25, 0.3) is 0 Å². The molecule has 2 nitrogen and oxygen atoms in total. The molecule has 4 heteroatoms. The van der Waals surface area contributed by atoms with Gasteiger partial charge in [0.25, 0.3) is 0 Å². The molecule has 0 rings (SSSR count). The summed E-state index contributed by atoms with van der Waals surface area (Å²) in [6, 6.07) is 0. The largest absolute Gasteiger partial charge is 0.466 e. The molecule has 0 fully saturated rings. The summed E-state index contributed by atoms with van der Waals surface area (Å²) in [5.74, 6) is 2.20. The fourth-order valence-corrected chi connectivity index (χ4v) is 4.49. The first-order valence-electron chi connectivity index (χ1n) is 7.01. The zero-order valence-electron chi connectivity index (χ0n) is 12.3. The summed E-state index contributed by atoms with van der Waals surface area (Å²) in [5, 5.41) is 0. The minimum atomic E-state index is -0.0620. The van der Waals surface area contributed by atoms with Crippen LogP contribution in [0.1, 0.15) is 59.8 Å². The lowest BCUT2D eigenvalue weighted by molar-refractivity contribution is -0.143.